The minimum Gasteiger partial charge on any atom is -0.496 e. The van der Waals surface area contributed by atoms with Gasteiger partial charge >= 0.3 is 0 Å². The van der Waals surface area contributed by atoms with E-state index < -0.39 is 5.54 Å². The number of aryl methyl sites for hydroxylation is 1. The fourth-order valence-electron chi connectivity index (χ4n) is 1.39. The Labute approximate surface area is 102 Å². The second-order valence-electron chi connectivity index (χ2n) is 4.87. The van der Waals surface area contributed by atoms with E-state index in [4.69, 9.17) is 10.5 Å². The van der Waals surface area contributed by atoms with Gasteiger partial charge in [0.15, 0.2) is 0 Å². The normalized spacial score (nSPS) is 11.1. The van der Waals surface area contributed by atoms with Crippen LogP contribution in [-0.2, 0) is 0 Å². The van der Waals surface area contributed by atoms with Crippen molar-refractivity contribution < 1.29 is 9.53 Å². The van der Waals surface area contributed by atoms with E-state index in [1.165, 1.54) is 0 Å². The second-order valence-corrected chi connectivity index (χ2v) is 4.87. The molecule has 0 aliphatic rings. The van der Waals surface area contributed by atoms with Gasteiger partial charge in [0.05, 0.1) is 12.7 Å². The number of hydrogen-bond acceptors (Lipinski definition) is 3. The summed E-state index contributed by atoms with van der Waals surface area (Å²) in [4.78, 5) is 11.9. The Morgan fingerprint density at radius 1 is 1.47 bits per heavy atom. The Morgan fingerprint density at radius 2 is 2.12 bits per heavy atom. The molecular formula is C13H20N2O2. The molecule has 0 aromatic heterocycles. The minimum atomic E-state index is -0.423. The third-order valence-corrected chi connectivity index (χ3v) is 2.31. The van der Waals surface area contributed by atoms with E-state index in [0.717, 1.165) is 5.56 Å². The molecule has 4 heteroatoms. The number of amides is 1. The van der Waals surface area contributed by atoms with Gasteiger partial charge in [-0.3, -0.25) is 4.79 Å². The van der Waals surface area contributed by atoms with Crippen LogP contribution in [0.2, 0.25) is 0 Å². The largest absolute Gasteiger partial charge is 0.496 e. The van der Waals surface area contributed by atoms with Gasteiger partial charge in [-0.25, -0.2) is 0 Å². The third kappa shape index (κ3) is 4.07. The maximum atomic E-state index is 11.9. The average Bonchev–Trinajstić information content (AvgIpc) is 2.24. The average molecular weight is 236 g/mol. The Bertz CT molecular complexity index is 408. The molecule has 1 aromatic rings. The van der Waals surface area contributed by atoms with Crippen LogP contribution in [0.5, 0.6) is 5.75 Å². The summed E-state index contributed by atoms with van der Waals surface area (Å²) in [5.74, 6) is 0.415. The van der Waals surface area contributed by atoms with Crippen LogP contribution in [0.3, 0.4) is 0 Å². The van der Waals surface area contributed by atoms with Gasteiger partial charge in [0.1, 0.15) is 5.75 Å². The van der Waals surface area contributed by atoms with Crippen LogP contribution in [0, 0.1) is 6.92 Å². The molecule has 4 nitrogen and oxygen atoms in total. The summed E-state index contributed by atoms with van der Waals surface area (Å²) in [6, 6.07) is 5.47. The van der Waals surface area contributed by atoms with Gasteiger partial charge in [-0.05, 0) is 38.5 Å². The molecule has 0 unspecified atom stereocenters. The summed E-state index contributed by atoms with van der Waals surface area (Å²) < 4.78 is 5.19. The number of ether oxygens (including phenoxy) is 1. The van der Waals surface area contributed by atoms with Crippen molar-refractivity contribution in [2.75, 3.05) is 13.7 Å². The highest BCUT2D eigenvalue weighted by Gasteiger charge is 2.16. The summed E-state index contributed by atoms with van der Waals surface area (Å²) in [6.45, 7) is 6.09. The standard InChI is InChI=1S/C13H20N2O2/c1-9-5-6-10(11(7-9)17-4)12(16)15-8-13(2,3)14/h5-7H,8,14H2,1-4H3,(H,15,16). The molecule has 94 valence electrons. The van der Waals surface area contributed by atoms with Crippen molar-refractivity contribution in [3.05, 3.63) is 29.3 Å². The zero-order valence-corrected chi connectivity index (χ0v) is 10.8. The highest BCUT2D eigenvalue weighted by Crippen LogP contribution is 2.19. The summed E-state index contributed by atoms with van der Waals surface area (Å²) in [6.07, 6.45) is 0. The third-order valence-electron chi connectivity index (χ3n) is 2.31. The predicted molar refractivity (Wildman–Crippen MR) is 68.3 cm³/mol. The van der Waals surface area contributed by atoms with Crippen molar-refractivity contribution in [1.29, 1.82) is 0 Å². The highest BCUT2D eigenvalue weighted by molar-refractivity contribution is 5.97. The smallest absolute Gasteiger partial charge is 0.255 e. The molecule has 0 saturated heterocycles. The van der Waals surface area contributed by atoms with E-state index in [1.54, 1.807) is 13.2 Å². The first kappa shape index (κ1) is 13.5. The number of methoxy groups -OCH3 is 1. The van der Waals surface area contributed by atoms with E-state index in [0.29, 0.717) is 17.9 Å². The molecule has 0 bridgehead atoms. The maximum absolute atomic E-state index is 11.9. The molecule has 0 saturated carbocycles. The van der Waals surface area contributed by atoms with Crippen molar-refractivity contribution >= 4 is 5.91 Å². The molecule has 1 amide bonds. The van der Waals surface area contributed by atoms with Crippen LogP contribution in [0.4, 0.5) is 0 Å². The van der Waals surface area contributed by atoms with E-state index in [9.17, 15) is 4.79 Å². The van der Waals surface area contributed by atoms with Gasteiger partial charge in [0, 0.05) is 12.1 Å². The number of carbonyl (C=O) groups is 1. The van der Waals surface area contributed by atoms with Gasteiger partial charge in [-0.15, -0.1) is 0 Å². The van der Waals surface area contributed by atoms with Gasteiger partial charge in [-0.1, -0.05) is 6.07 Å². The quantitative estimate of drug-likeness (QED) is 0.832. The van der Waals surface area contributed by atoms with Crippen LogP contribution < -0.4 is 15.8 Å². The number of nitrogens with two attached hydrogens (primary N) is 1. The topological polar surface area (TPSA) is 64.3 Å². The number of hydrogen-bond donors (Lipinski definition) is 2. The molecule has 1 aromatic carbocycles. The second kappa shape index (κ2) is 5.19. The summed E-state index contributed by atoms with van der Waals surface area (Å²) >= 11 is 0. The molecule has 0 spiro atoms. The zero-order chi connectivity index (χ0) is 13.1. The van der Waals surface area contributed by atoms with Crippen molar-refractivity contribution in [3.63, 3.8) is 0 Å². The molecule has 0 radical (unpaired) electrons. The van der Waals surface area contributed by atoms with Crippen molar-refractivity contribution in [2.24, 2.45) is 5.73 Å². The fourth-order valence-corrected chi connectivity index (χ4v) is 1.39. The van der Waals surface area contributed by atoms with Gasteiger partial charge in [0.25, 0.3) is 5.91 Å². The van der Waals surface area contributed by atoms with Crippen LogP contribution >= 0.6 is 0 Å². The Kier molecular flexibility index (Phi) is 4.12. The van der Waals surface area contributed by atoms with Crippen LogP contribution in [-0.4, -0.2) is 25.1 Å². The SMILES string of the molecule is COc1cc(C)ccc1C(=O)NCC(C)(C)N. The number of rotatable bonds is 4. The van der Waals surface area contributed by atoms with E-state index in [2.05, 4.69) is 5.32 Å². The lowest BCUT2D eigenvalue weighted by molar-refractivity contribution is 0.0943. The lowest BCUT2D eigenvalue weighted by atomic mass is 10.1. The van der Waals surface area contributed by atoms with E-state index in [-0.39, 0.29) is 5.91 Å². The Hall–Kier alpha value is -1.55. The number of nitrogens with one attached hydrogen (secondary N) is 1. The van der Waals surface area contributed by atoms with Gasteiger partial charge in [0.2, 0.25) is 0 Å². The molecule has 17 heavy (non-hydrogen) atoms. The van der Waals surface area contributed by atoms with Crippen LogP contribution in [0.25, 0.3) is 0 Å². The van der Waals surface area contributed by atoms with E-state index in [1.807, 2.05) is 32.9 Å². The molecule has 0 fully saturated rings. The molecular weight excluding hydrogens is 216 g/mol. The van der Waals surface area contributed by atoms with Crippen molar-refractivity contribution in [1.82, 2.24) is 5.32 Å². The van der Waals surface area contributed by atoms with E-state index >= 15 is 0 Å². The first-order chi connectivity index (χ1) is 7.83. The Balaban J connectivity index is 2.82. The van der Waals surface area contributed by atoms with Crippen LogP contribution in [0.15, 0.2) is 18.2 Å². The fraction of sp³-hybridized carbons (Fsp3) is 0.462. The first-order valence-electron chi connectivity index (χ1n) is 5.55. The number of benzene rings is 1. The maximum Gasteiger partial charge on any atom is 0.255 e. The summed E-state index contributed by atoms with van der Waals surface area (Å²) in [5, 5.41) is 2.79. The molecule has 0 atom stereocenters. The van der Waals surface area contributed by atoms with Gasteiger partial charge in [-0.2, -0.15) is 0 Å². The molecule has 3 N–H and O–H groups in total. The van der Waals surface area contributed by atoms with Gasteiger partial charge < -0.3 is 15.8 Å². The van der Waals surface area contributed by atoms with Crippen LogP contribution in [0.1, 0.15) is 29.8 Å². The lowest BCUT2D eigenvalue weighted by Crippen LogP contribution is -2.45. The summed E-state index contributed by atoms with van der Waals surface area (Å²) in [7, 11) is 1.55. The monoisotopic (exact) mass is 236 g/mol. The molecule has 1 rings (SSSR count). The molecule has 0 heterocycles. The zero-order valence-electron chi connectivity index (χ0n) is 10.8. The lowest BCUT2D eigenvalue weighted by Gasteiger charge is -2.19. The minimum absolute atomic E-state index is 0.166. The Morgan fingerprint density at radius 3 is 2.65 bits per heavy atom. The summed E-state index contributed by atoms with van der Waals surface area (Å²) in [5.41, 5.74) is 6.97. The van der Waals surface area contributed by atoms with Crippen molar-refractivity contribution in [3.8, 4) is 5.75 Å². The predicted octanol–water partition coefficient (Wildman–Crippen LogP) is 1.47. The molecule has 0 aliphatic carbocycles. The highest BCUT2D eigenvalue weighted by atomic mass is 16.5. The number of carbonyl (C=O) groups excluding carboxylic acids is 1. The first-order valence-corrected chi connectivity index (χ1v) is 5.55. The molecule has 0 aliphatic heterocycles. The van der Waals surface area contributed by atoms with Crippen molar-refractivity contribution in [2.45, 2.75) is 26.3 Å².